The number of amides is 4. The van der Waals surface area contributed by atoms with Crippen molar-refractivity contribution < 1.29 is 33.6 Å². The Bertz CT molecular complexity index is 1340. The Balaban J connectivity index is 2.14. The van der Waals surface area contributed by atoms with Crippen LogP contribution in [0.1, 0.15) is 65.9 Å². The molecule has 0 aromatic heterocycles. The average Bonchev–Trinajstić information content (AvgIpc) is 3.57. The van der Waals surface area contributed by atoms with Crippen LogP contribution in [0.4, 0.5) is 5.69 Å². The Kier molecular flexibility index (Phi) is 16.9. The van der Waals surface area contributed by atoms with Crippen molar-refractivity contribution in [2.45, 2.75) is 91.0 Å². The first-order valence-corrected chi connectivity index (χ1v) is 17.9. The molecule has 6 atom stereocenters. The summed E-state index contributed by atoms with van der Waals surface area (Å²) in [4.78, 5) is 71.6. The maximum absolute atomic E-state index is 14.0. The predicted octanol–water partition coefficient (Wildman–Crippen LogP) is 3.22. The number of benzene rings is 1. The summed E-state index contributed by atoms with van der Waals surface area (Å²) in [6.45, 7) is 10.8. The van der Waals surface area contributed by atoms with Crippen LogP contribution in [0.3, 0.4) is 0 Å². The number of carbonyl (C=O) groups excluding carboxylic acids is 4. The molecule has 14 heteroatoms. The van der Waals surface area contributed by atoms with Gasteiger partial charge in [0, 0.05) is 60.1 Å². The van der Waals surface area contributed by atoms with Crippen LogP contribution in [0.2, 0.25) is 0 Å². The number of hydrogen-bond acceptors (Lipinski definition) is 9. The molecular weight excluding hydrogens is 656 g/mol. The number of ether oxygens (including phenoxy) is 2. The monoisotopic (exact) mass is 718 g/mol. The number of carbonyl (C=O) groups is 4. The lowest BCUT2D eigenvalue weighted by Gasteiger charge is -2.39. The molecule has 6 unspecified atom stereocenters. The minimum atomic E-state index is -0.683. The van der Waals surface area contributed by atoms with Crippen molar-refractivity contribution in [3.05, 3.63) is 39.9 Å². The zero-order valence-corrected chi connectivity index (χ0v) is 32.6. The smallest absolute Gasteiger partial charge is 0.269 e. The Morgan fingerprint density at radius 2 is 1.76 bits per heavy atom. The van der Waals surface area contributed by atoms with E-state index in [9.17, 15) is 29.3 Å². The van der Waals surface area contributed by atoms with E-state index in [4.69, 9.17) is 9.47 Å². The van der Waals surface area contributed by atoms with Gasteiger partial charge in [0.25, 0.3) is 5.69 Å². The van der Waals surface area contributed by atoms with Gasteiger partial charge >= 0.3 is 0 Å². The lowest BCUT2D eigenvalue weighted by atomic mass is 9.90. The van der Waals surface area contributed by atoms with Gasteiger partial charge < -0.3 is 34.4 Å². The molecule has 1 aliphatic rings. The van der Waals surface area contributed by atoms with Gasteiger partial charge in [-0.05, 0) is 58.7 Å². The summed E-state index contributed by atoms with van der Waals surface area (Å²) in [5, 5.41) is 14.0. The van der Waals surface area contributed by atoms with E-state index in [1.165, 1.54) is 12.1 Å². The van der Waals surface area contributed by atoms with Gasteiger partial charge in [0.15, 0.2) is 0 Å². The van der Waals surface area contributed by atoms with Crippen LogP contribution >= 0.6 is 0 Å². The second-order valence-electron chi connectivity index (χ2n) is 14.9. The van der Waals surface area contributed by atoms with Crippen LogP contribution < -0.4 is 5.32 Å². The highest BCUT2D eigenvalue weighted by atomic mass is 16.6. The second kappa shape index (κ2) is 19.8. The maximum Gasteiger partial charge on any atom is 0.269 e. The average molecular weight is 719 g/mol. The minimum Gasteiger partial charge on any atom is -0.379 e. The van der Waals surface area contributed by atoms with Crippen molar-refractivity contribution in [2.75, 3.05) is 68.6 Å². The number of nitro benzene ring substituents is 1. The van der Waals surface area contributed by atoms with Crippen molar-refractivity contribution in [3.8, 4) is 0 Å². The van der Waals surface area contributed by atoms with Crippen LogP contribution in [0.25, 0.3) is 0 Å². The van der Waals surface area contributed by atoms with E-state index in [1.54, 1.807) is 62.1 Å². The van der Waals surface area contributed by atoms with Crippen LogP contribution in [0.15, 0.2) is 24.3 Å². The Hall–Kier alpha value is -3.62. The summed E-state index contributed by atoms with van der Waals surface area (Å²) in [7, 11) is 10.3. The third-order valence-electron chi connectivity index (χ3n) is 10.2. The number of rotatable bonds is 20. The molecule has 0 aliphatic carbocycles. The molecule has 1 saturated heterocycles. The largest absolute Gasteiger partial charge is 0.379 e. The molecule has 1 aliphatic heterocycles. The number of non-ortho nitro benzene ring substituents is 1. The summed E-state index contributed by atoms with van der Waals surface area (Å²) >= 11 is 0. The summed E-state index contributed by atoms with van der Waals surface area (Å²) < 4.78 is 11.8. The van der Waals surface area contributed by atoms with Gasteiger partial charge in [-0.1, -0.05) is 39.3 Å². The van der Waals surface area contributed by atoms with Gasteiger partial charge in [0.05, 0.1) is 53.5 Å². The van der Waals surface area contributed by atoms with Crippen molar-refractivity contribution in [2.24, 2.45) is 17.3 Å². The summed E-state index contributed by atoms with van der Waals surface area (Å²) in [6, 6.07) is 5.63. The quantitative estimate of drug-likeness (QED) is 0.158. The lowest BCUT2D eigenvalue weighted by molar-refractivity contribution is -0.384. The molecule has 4 amide bonds. The number of likely N-dealkylation sites (N-methyl/N-ethyl adjacent to an activating group) is 2. The molecular formula is C37H62N6O8. The zero-order chi connectivity index (χ0) is 38.6. The fourth-order valence-electron chi connectivity index (χ4n) is 7.28. The number of methoxy groups -OCH3 is 2. The minimum absolute atomic E-state index is 0.00566. The molecule has 14 nitrogen and oxygen atoms in total. The van der Waals surface area contributed by atoms with Gasteiger partial charge in [0.1, 0.15) is 0 Å². The highest BCUT2D eigenvalue weighted by molar-refractivity contribution is 5.87. The van der Waals surface area contributed by atoms with E-state index in [2.05, 4.69) is 5.32 Å². The molecule has 1 heterocycles. The van der Waals surface area contributed by atoms with Crippen molar-refractivity contribution in [1.29, 1.82) is 0 Å². The van der Waals surface area contributed by atoms with Crippen molar-refractivity contribution in [3.63, 3.8) is 0 Å². The van der Waals surface area contributed by atoms with Crippen LogP contribution in [-0.4, -0.2) is 141 Å². The third-order valence-corrected chi connectivity index (χ3v) is 10.2. The maximum atomic E-state index is 14.0. The third kappa shape index (κ3) is 12.0. The molecule has 51 heavy (non-hydrogen) atoms. The summed E-state index contributed by atoms with van der Waals surface area (Å²) in [5.41, 5.74) is 0.0855. The number of nitro groups is 1. The SMILES string of the molecule is CCC(C)C(C(CC(=O)N1CCCC1C(OC)C(C)C(=O)N(C)CCc1cccc([N+](=O)[O-])c1)OC)N(C)C(=O)CNC(=O)C(C)(C)CN(C)C. The first-order valence-electron chi connectivity index (χ1n) is 17.9. The van der Waals surface area contributed by atoms with E-state index in [0.717, 1.165) is 18.4 Å². The summed E-state index contributed by atoms with van der Waals surface area (Å²) in [5.74, 6) is -1.34. The number of hydrogen-bond donors (Lipinski definition) is 1. The van der Waals surface area contributed by atoms with E-state index in [0.29, 0.717) is 32.5 Å². The Morgan fingerprint density at radius 3 is 2.33 bits per heavy atom. The van der Waals surface area contributed by atoms with E-state index >= 15 is 0 Å². The first kappa shape index (κ1) is 43.5. The van der Waals surface area contributed by atoms with Gasteiger partial charge in [-0.3, -0.25) is 29.3 Å². The molecule has 1 aromatic carbocycles. The van der Waals surface area contributed by atoms with Gasteiger partial charge in [0.2, 0.25) is 23.6 Å². The number of nitrogens with zero attached hydrogens (tertiary/aromatic N) is 5. The van der Waals surface area contributed by atoms with Crippen molar-refractivity contribution >= 4 is 29.3 Å². The zero-order valence-electron chi connectivity index (χ0n) is 32.6. The molecule has 1 N–H and O–H groups in total. The summed E-state index contributed by atoms with van der Waals surface area (Å²) in [6.07, 6.45) is 1.50. The van der Waals surface area contributed by atoms with Gasteiger partial charge in [-0.15, -0.1) is 0 Å². The molecule has 0 bridgehead atoms. The molecule has 2 rings (SSSR count). The first-order chi connectivity index (χ1) is 23.9. The van der Waals surface area contributed by atoms with E-state index in [-0.39, 0.29) is 54.2 Å². The lowest BCUT2D eigenvalue weighted by Crippen LogP contribution is -2.55. The number of likely N-dealkylation sites (tertiary alicyclic amines) is 1. The normalized spacial score (nSPS) is 17.7. The van der Waals surface area contributed by atoms with E-state index < -0.39 is 34.5 Å². The molecule has 288 valence electrons. The second-order valence-corrected chi connectivity index (χ2v) is 14.9. The Morgan fingerprint density at radius 1 is 1.10 bits per heavy atom. The van der Waals surface area contributed by atoms with Crippen molar-refractivity contribution in [1.82, 2.24) is 24.9 Å². The Labute approximate surface area is 304 Å². The highest BCUT2D eigenvalue weighted by Gasteiger charge is 2.42. The van der Waals surface area contributed by atoms with Crippen LogP contribution in [0, 0.1) is 27.4 Å². The molecule has 0 spiro atoms. The fourth-order valence-corrected chi connectivity index (χ4v) is 7.28. The van der Waals surface area contributed by atoms with Crippen LogP contribution in [-0.2, 0) is 35.1 Å². The van der Waals surface area contributed by atoms with Gasteiger partial charge in [-0.2, -0.15) is 0 Å². The topological polar surface area (TPSA) is 155 Å². The number of nitrogens with one attached hydrogen (secondary N) is 1. The van der Waals surface area contributed by atoms with Gasteiger partial charge in [-0.25, -0.2) is 0 Å². The molecule has 1 aromatic rings. The predicted molar refractivity (Wildman–Crippen MR) is 196 cm³/mol. The molecule has 0 radical (unpaired) electrons. The van der Waals surface area contributed by atoms with E-state index in [1.807, 2.05) is 46.7 Å². The molecule has 1 fully saturated rings. The van der Waals surface area contributed by atoms with Crippen LogP contribution in [0.5, 0.6) is 0 Å². The fraction of sp³-hybridized carbons (Fsp3) is 0.730. The molecule has 0 saturated carbocycles. The highest BCUT2D eigenvalue weighted by Crippen LogP contribution is 2.30. The standard InChI is InChI=1S/C37H62N6O8/c1-12-25(2)33(41(9)32(45)23-38-36(47)37(4,5)24-39(6)7)30(50-10)22-31(44)42-19-14-17-29(42)34(51-11)26(3)35(46)40(8)20-18-27-15-13-16-28(21-27)43(48)49/h13,15-16,21,25-26,29-30,33-34H,12,14,17-20,22-24H2,1-11H3,(H,38,47).